The summed E-state index contributed by atoms with van der Waals surface area (Å²) in [5.41, 5.74) is 1.55. The van der Waals surface area contributed by atoms with Crippen molar-refractivity contribution in [2.24, 2.45) is 0 Å². The summed E-state index contributed by atoms with van der Waals surface area (Å²) in [6.07, 6.45) is 2.11. The van der Waals surface area contributed by atoms with Gasteiger partial charge in [-0.25, -0.2) is 0 Å². The van der Waals surface area contributed by atoms with Crippen molar-refractivity contribution in [3.8, 4) is 11.8 Å². The van der Waals surface area contributed by atoms with Crippen LogP contribution in [0, 0.1) is 11.3 Å². The topological polar surface area (TPSA) is 85.2 Å². The molecule has 28 heavy (non-hydrogen) atoms. The Labute approximate surface area is 167 Å². The van der Waals surface area contributed by atoms with Gasteiger partial charge in [0.1, 0.15) is 17.4 Å². The summed E-state index contributed by atoms with van der Waals surface area (Å²) in [4.78, 5) is 12.5. The minimum atomic E-state index is -0.520. The van der Waals surface area contributed by atoms with E-state index in [2.05, 4.69) is 10.6 Å². The number of fused-ring (bicyclic) bond motifs is 1. The zero-order chi connectivity index (χ0) is 19.9. The summed E-state index contributed by atoms with van der Waals surface area (Å²) in [6, 6.07) is 19.7. The maximum atomic E-state index is 12.5. The molecule has 0 saturated heterocycles. The predicted octanol–water partition coefficient (Wildman–Crippen LogP) is 4.38. The van der Waals surface area contributed by atoms with E-state index < -0.39 is 5.91 Å². The van der Waals surface area contributed by atoms with Crippen molar-refractivity contribution in [2.75, 3.05) is 11.9 Å². The van der Waals surface area contributed by atoms with Crippen molar-refractivity contribution in [1.29, 1.82) is 5.26 Å². The first-order chi connectivity index (χ1) is 13.6. The molecular weight excluding hydrogens is 374 g/mol. The van der Waals surface area contributed by atoms with Crippen LogP contribution in [0.15, 0.2) is 72.4 Å². The normalized spacial score (nSPS) is 11.1. The quantitative estimate of drug-likeness (QED) is 0.331. The average Bonchev–Trinajstić information content (AvgIpc) is 2.69. The van der Waals surface area contributed by atoms with Gasteiger partial charge >= 0.3 is 0 Å². The maximum absolute atomic E-state index is 12.5. The van der Waals surface area contributed by atoms with Crippen LogP contribution in [0.5, 0.6) is 5.75 Å². The lowest BCUT2D eigenvalue weighted by Gasteiger charge is -2.09. The first-order valence-electron chi connectivity index (χ1n) is 8.68. The van der Waals surface area contributed by atoms with Gasteiger partial charge in [-0.3, -0.25) is 4.79 Å². The number of halogens is 1. The molecule has 3 rings (SSSR count). The van der Waals surface area contributed by atoms with Crippen LogP contribution in [-0.4, -0.2) is 17.6 Å². The minimum Gasteiger partial charge on any atom is -0.507 e. The van der Waals surface area contributed by atoms with Gasteiger partial charge in [-0.1, -0.05) is 48.0 Å². The fourth-order valence-corrected chi connectivity index (χ4v) is 3.04. The van der Waals surface area contributed by atoms with Crippen LogP contribution in [0.2, 0.25) is 5.02 Å². The molecule has 0 aliphatic carbocycles. The van der Waals surface area contributed by atoms with Crippen LogP contribution in [0.25, 0.3) is 10.8 Å². The molecule has 0 unspecified atom stereocenters. The highest BCUT2D eigenvalue weighted by molar-refractivity contribution is 6.30. The fourth-order valence-electron chi connectivity index (χ4n) is 2.82. The van der Waals surface area contributed by atoms with Gasteiger partial charge in [0, 0.05) is 34.2 Å². The molecule has 0 aromatic heterocycles. The summed E-state index contributed by atoms with van der Waals surface area (Å²) in [5.74, 6) is -0.388. The molecule has 0 saturated carbocycles. The van der Waals surface area contributed by atoms with Crippen molar-refractivity contribution in [3.05, 3.63) is 83.0 Å². The second kappa shape index (κ2) is 8.94. The van der Waals surface area contributed by atoms with E-state index in [0.717, 1.165) is 5.56 Å². The van der Waals surface area contributed by atoms with E-state index in [-0.39, 0.29) is 11.3 Å². The Kier molecular flexibility index (Phi) is 6.15. The van der Waals surface area contributed by atoms with Gasteiger partial charge in [0.2, 0.25) is 0 Å². The number of rotatable bonds is 6. The standard InChI is InChI=1S/C22H18ClN3O2/c23-17-5-1-4-15(12-17)10-11-25-14-16(13-24)22(28)26-20-8-2-7-19-18(20)6-3-9-21(19)27/h1-9,12,14,25,27H,10-11H2,(H,26,28)/b16-14-. The Hall–Kier alpha value is -3.49. The van der Waals surface area contributed by atoms with Crippen LogP contribution in [-0.2, 0) is 11.2 Å². The summed E-state index contributed by atoms with van der Waals surface area (Å²) >= 11 is 5.96. The van der Waals surface area contributed by atoms with Crippen LogP contribution in [0.1, 0.15) is 5.56 Å². The number of anilines is 1. The largest absolute Gasteiger partial charge is 0.507 e. The molecule has 0 aliphatic heterocycles. The van der Waals surface area contributed by atoms with Crippen molar-refractivity contribution < 1.29 is 9.90 Å². The Balaban J connectivity index is 1.66. The third-order valence-electron chi connectivity index (χ3n) is 4.21. The SMILES string of the molecule is N#C/C(=C/NCCc1cccc(Cl)c1)C(=O)Nc1cccc2c(O)cccc12. The summed E-state index contributed by atoms with van der Waals surface area (Å²) in [6.45, 7) is 0.556. The molecule has 0 aliphatic rings. The van der Waals surface area contributed by atoms with E-state index >= 15 is 0 Å². The van der Waals surface area contributed by atoms with Crippen molar-refractivity contribution in [2.45, 2.75) is 6.42 Å². The van der Waals surface area contributed by atoms with Crippen molar-refractivity contribution in [1.82, 2.24) is 5.32 Å². The molecule has 3 aromatic carbocycles. The number of amides is 1. The Morgan fingerprint density at radius 1 is 1.11 bits per heavy atom. The molecule has 3 aromatic rings. The number of benzene rings is 3. The van der Waals surface area contributed by atoms with Gasteiger partial charge in [-0.15, -0.1) is 0 Å². The van der Waals surface area contributed by atoms with Gasteiger partial charge < -0.3 is 15.7 Å². The maximum Gasteiger partial charge on any atom is 0.267 e. The second-order valence-electron chi connectivity index (χ2n) is 6.14. The van der Waals surface area contributed by atoms with Gasteiger partial charge in [0.15, 0.2) is 0 Å². The zero-order valence-electron chi connectivity index (χ0n) is 14.9. The zero-order valence-corrected chi connectivity index (χ0v) is 15.7. The highest BCUT2D eigenvalue weighted by Crippen LogP contribution is 2.29. The highest BCUT2D eigenvalue weighted by atomic mass is 35.5. The lowest BCUT2D eigenvalue weighted by molar-refractivity contribution is -0.112. The second-order valence-corrected chi connectivity index (χ2v) is 6.57. The first-order valence-corrected chi connectivity index (χ1v) is 9.06. The number of phenols is 1. The Morgan fingerprint density at radius 2 is 1.86 bits per heavy atom. The number of hydrogen-bond donors (Lipinski definition) is 3. The molecule has 6 heteroatoms. The number of nitrogens with zero attached hydrogens (tertiary/aromatic N) is 1. The van der Waals surface area contributed by atoms with Crippen LogP contribution < -0.4 is 10.6 Å². The van der Waals surface area contributed by atoms with Gasteiger partial charge in [0.25, 0.3) is 5.91 Å². The Morgan fingerprint density at radius 3 is 2.64 bits per heavy atom. The number of nitriles is 1. The minimum absolute atomic E-state index is 0.0387. The first kappa shape index (κ1) is 19.3. The number of hydrogen-bond acceptors (Lipinski definition) is 4. The van der Waals surface area contributed by atoms with Gasteiger partial charge in [0.05, 0.1) is 0 Å². The van der Waals surface area contributed by atoms with Crippen LogP contribution >= 0.6 is 11.6 Å². The third-order valence-corrected chi connectivity index (χ3v) is 4.44. The predicted molar refractivity (Wildman–Crippen MR) is 111 cm³/mol. The average molecular weight is 392 g/mol. The molecule has 0 fully saturated rings. The monoisotopic (exact) mass is 391 g/mol. The smallest absolute Gasteiger partial charge is 0.267 e. The van der Waals surface area contributed by atoms with Gasteiger partial charge in [-0.2, -0.15) is 5.26 Å². The molecule has 0 atom stereocenters. The summed E-state index contributed by atoms with van der Waals surface area (Å²) < 4.78 is 0. The van der Waals surface area contributed by atoms with Crippen molar-refractivity contribution in [3.63, 3.8) is 0 Å². The number of carbonyl (C=O) groups is 1. The highest BCUT2D eigenvalue weighted by Gasteiger charge is 2.11. The van der Waals surface area contributed by atoms with E-state index in [1.807, 2.05) is 30.3 Å². The van der Waals surface area contributed by atoms with E-state index in [0.29, 0.717) is 34.4 Å². The molecule has 1 amide bonds. The molecule has 3 N–H and O–H groups in total. The number of phenolic OH excluding ortho intramolecular Hbond substituents is 1. The lowest BCUT2D eigenvalue weighted by atomic mass is 10.1. The third kappa shape index (κ3) is 4.61. The molecule has 0 bridgehead atoms. The lowest BCUT2D eigenvalue weighted by Crippen LogP contribution is -2.18. The molecule has 5 nitrogen and oxygen atoms in total. The Bertz CT molecular complexity index is 1090. The fraction of sp³-hybridized carbons (Fsp3) is 0.0909. The molecule has 0 heterocycles. The summed E-state index contributed by atoms with van der Waals surface area (Å²) in [5, 5.41) is 27.0. The van der Waals surface area contributed by atoms with Crippen LogP contribution in [0.4, 0.5) is 5.69 Å². The van der Waals surface area contributed by atoms with E-state index in [1.165, 1.54) is 6.20 Å². The number of aromatic hydroxyl groups is 1. The summed E-state index contributed by atoms with van der Waals surface area (Å²) in [7, 11) is 0. The molecule has 140 valence electrons. The molecule has 0 radical (unpaired) electrons. The van der Waals surface area contributed by atoms with E-state index in [1.54, 1.807) is 36.4 Å². The van der Waals surface area contributed by atoms with Crippen molar-refractivity contribution >= 4 is 34.0 Å². The van der Waals surface area contributed by atoms with E-state index in [9.17, 15) is 15.2 Å². The van der Waals surface area contributed by atoms with Crippen LogP contribution in [0.3, 0.4) is 0 Å². The van der Waals surface area contributed by atoms with Gasteiger partial charge in [-0.05, 0) is 36.2 Å². The number of nitrogens with one attached hydrogen (secondary N) is 2. The molecular formula is C22H18ClN3O2. The number of carbonyl (C=O) groups excluding carboxylic acids is 1. The molecule has 0 spiro atoms. The van der Waals surface area contributed by atoms with E-state index in [4.69, 9.17) is 11.6 Å².